The van der Waals surface area contributed by atoms with E-state index in [2.05, 4.69) is 15.9 Å². The van der Waals surface area contributed by atoms with Crippen molar-refractivity contribution in [3.05, 3.63) is 29.3 Å². The summed E-state index contributed by atoms with van der Waals surface area (Å²) < 4.78 is 5.42. The molecule has 14 heavy (non-hydrogen) atoms. The lowest BCUT2D eigenvalue weighted by Crippen LogP contribution is -2.11. The molecule has 0 aromatic heterocycles. The number of ether oxygens (including phenoxy) is 1. The van der Waals surface area contributed by atoms with Crippen LogP contribution in [0.5, 0.6) is 5.75 Å². The first-order valence-electron chi connectivity index (χ1n) is 4.24. The number of primary amides is 1. The molecule has 1 aromatic carbocycles. The fraction of sp³-hybridized carbons (Fsp3) is 0.300. The number of amides is 1. The Labute approximate surface area is 91.4 Å². The minimum atomic E-state index is -0.417. The smallest absolute Gasteiger partial charge is 0.248 e. The maximum absolute atomic E-state index is 10.9. The second kappa shape index (κ2) is 5.00. The minimum Gasteiger partial charge on any atom is -0.492 e. The van der Waals surface area contributed by atoms with Gasteiger partial charge in [-0.15, -0.1) is 0 Å². The van der Waals surface area contributed by atoms with Crippen LogP contribution in [0.4, 0.5) is 0 Å². The third-order valence-electron chi connectivity index (χ3n) is 1.79. The van der Waals surface area contributed by atoms with Crippen molar-refractivity contribution in [1.82, 2.24) is 0 Å². The van der Waals surface area contributed by atoms with E-state index in [4.69, 9.17) is 10.5 Å². The van der Waals surface area contributed by atoms with Crippen molar-refractivity contribution in [3.8, 4) is 5.75 Å². The van der Waals surface area contributed by atoms with Gasteiger partial charge < -0.3 is 10.5 Å². The molecule has 0 unspecified atom stereocenters. The molecule has 1 rings (SSSR count). The summed E-state index contributed by atoms with van der Waals surface area (Å²) in [5.41, 5.74) is 6.57. The number of hydrogen-bond acceptors (Lipinski definition) is 2. The molecule has 76 valence electrons. The lowest BCUT2D eigenvalue weighted by Gasteiger charge is -2.08. The quantitative estimate of drug-likeness (QED) is 0.838. The monoisotopic (exact) mass is 257 g/mol. The number of rotatable bonds is 4. The van der Waals surface area contributed by atoms with E-state index < -0.39 is 5.91 Å². The standard InChI is InChI=1S/C10H12BrNO2/c1-7-6-8(10(12)13)2-3-9(7)14-5-4-11/h2-3,6H,4-5H2,1H3,(H2,12,13). The van der Waals surface area contributed by atoms with Crippen LogP contribution in [-0.4, -0.2) is 17.8 Å². The van der Waals surface area contributed by atoms with Crippen LogP contribution in [0.3, 0.4) is 0 Å². The number of alkyl halides is 1. The van der Waals surface area contributed by atoms with E-state index in [1.54, 1.807) is 18.2 Å². The molecule has 1 amide bonds. The van der Waals surface area contributed by atoms with Crippen LogP contribution in [0.25, 0.3) is 0 Å². The zero-order valence-corrected chi connectivity index (χ0v) is 9.50. The summed E-state index contributed by atoms with van der Waals surface area (Å²) in [5, 5.41) is 0.782. The normalized spacial score (nSPS) is 9.86. The third kappa shape index (κ3) is 2.73. The molecule has 0 heterocycles. The second-order valence-electron chi connectivity index (χ2n) is 2.88. The van der Waals surface area contributed by atoms with Crippen molar-refractivity contribution in [2.75, 3.05) is 11.9 Å². The number of nitrogens with two attached hydrogens (primary N) is 1. The van der Waals surface area contributed by atoms with Gasteiger partial charge in [0.05, 0.1) is 6.61 Å². The number of carbonyl (C=O) groups is 1. The number of benzene rings is 1. The summed E-state index contributed by atoms with van der Waals surface area (Å²) in [6.07, 6.45) is 0. The van der Waals surface area contributed by atoms with Gasteiger partial charge in [0.1, 0.15) is 5.75 Å². The maximum atomic E-state index is 10.9. The lowest BCUT2D eigenvalue weighted by molar-refractivity contribution is 0.1000. The Balaban J connectivity index is 2.84. The number of hydrogen-bond donors (Lipinski definition) is 1. The summed E-state index contributed by atoms with van der Waals surface area (Å²) in [6.45, 7) is 2.49. The van der Waals surface area contributed by atoms with E-state index in [-0.39, 0.29) is 0 Å². The summed E-state index contributed by atoms with van der Waals surface area (Å²) in [5.74, 6) is 0.370. The van der Waals surface area contributed by atoms with E-state index in [9.17, 15) is 4.79 Å². The first kappa shape index (κ1) is 11.0. The van der Waals surface area contributed by atoms with Crippen LogP contribution in [0.15, 0.2) is 18.2 Å². The number of halogens is 1. The molecule has 0 saturated carbocycles. The van der Waals surface area contributed by atoms with Gasteiger partial charge >= 0.3 is 0 Å². The number of aryl methyl sites for hydroxylation is 1. The van der Waals surface area contributed by atoms with Gasteiger partial charge in [-0.25, -0.2) is 0 Å². The SMILES string of the molecule is Cc1cc(C(N)=O)ccc1OCCBr. The number of carbonyl (C=O) groups excluding carboxylic acids is 1. The van der Waals surface area contributed by atoms with Crippen molar-refractivity contribution in [1.29, 1.82) is 0 Å². The Bertz CT molecular complexity index is 339. The molecule has 0 bridgehead atoms. The Morgan fingerprint density at radius 2 is 2.29 bits per heavy atom. The molecule has 3 nitrogen and oxygen atoms in total. The Kier molecular flexibility index (Phi) is 3.95. The Morgan fingerprint density at radius 1 is 1.57 bits per heavy atom. The topological polar surface area (TPSA) is 52.3 Å². The predicted molar refractivity (Wildman–Crippen MR) is 59.0 cm³/mol. The summed E-state index contributed by atoms with van der Waals surface area (Å²) in [6, 6.07) is 5.16. The molecule has 0 saturated heterocycles. The highest BCUT2D eigenvalue weighted by atomic mass is 79.9. The average molecular weight is 258 g/mol. The van der Waals surface area contributed by atoms with Gasteiger partial charge in [-0.1, -0.05) is 15.9 Å². The maximum Gasteiger partial charge on any atom is 0.248 e. The van der Waals surface area contributed by atoms with Crippen molar-refractivity contribution in [2.45, 2.75) is 6.92 Å². The van der Waals surface area contributed by atoms with Gasteiger partial charge in [-0.2, -0.15) is 0 Å². The van der Waals surface area contributed by atoms with E-state index >= 15 is 0 Å². The minimum absolute atomic E-state index is 0.417. The van der Waals surface area contributed by atoms with Crippen molar-refractivity contribution >= 4 is 21.8 Å². The molecular formula is C10H12BrNO2. The molecule has 0 atom stereocenters. The Hall–Kier alpha value is -1.03. The van der Waals surface area contributed by atoms with Gasteiger partial charge in [0.25, 0.3) is 0 Å². The van der Waals surface area contributed by atoms with Gasteiger partial charge in [0, 0.05) is 10.9 Å². The van der Waals surface area contributed by atoms with Gasteiger partial charge in [0.15, 0.2) is 0 Å². The lowest BCUT2D eigenvalue weighted by atomic mass is 10.1. The predicted octanol–water partition coefficient (Wildman–Crippen LogP) is 1.87. The highest BCUT2D eigenvalue weighted by Gasteiger charge is 2.04. The zero-order chi connectivity index (χ0) is 10.6. The van der Waals surface area contributed by atoms with Crippen LogP contribution in [0, 0.1) is 6.92 Å². The van der Waals surface area contributed by atoms with Crippen LogP contribution in [-0.2, 0) is 0 Å². The molecule has 0 radical (unpaired) electrons. The highest BCUT2D eigenvalue weighted by Crippen LogP contribution is 2.18. The molecule has 4 heteroatoms. The average Bonchev–Trinajstić information content (AvgIpc) is 2.15. The van der Waals surface area contributed by atoms with Crippen molar-refractivity contribution in [3.63, 3.8) is 0 Å². The molecule has 0 aliphatic rings. The molecule has 0 spiro atoms. The fourth-order valence-electron chi connectivity index (χ4n) is 1.11. The molecule has 1 aromatic rings. The zero-order valence-electron chi connectivity index (χ0n) is 7.92. The first-order valence-corrected chi connectivity index (χ1v) is 5.36. The summed E-state index contributed by atoms with van der Waals surface area (Å²) in [7, 11) is 0. The van der Waals surface area contributed by atoms with Crippen LogP contribution >= 0.6 is 15.9 Å². The van der Waals surface area contributed by atoms with E-state index in [0.29, 0.717) is 12.2 Å². The molecule has 0 fully saturated rings. The van der Waals surface area contributed by atoms with Gasteiger partial charge in [-0.05, 0) is 30.7 Å². The van der Waals surface area contributed by atoms with Crippen LogP contribution < -0.4 is 10.5 Å². The first-order chi connectivity index (χ1) is 6.65. The largest absolute Gasteiger partial charge is 0.492 e. The highest BCUT2D eigenvalue weighted by molar-refractivity contribution is 9.09. The molecule has 0 aliphatic carbocycles. The second-order valence-corrected chi connectivity index (χ2v) is 3.67. The van der Waals surface area contributed by atoms with Crippen molar-refractivity contribution < 1.29 is 9.53 Å². The van der Waals surface area contributed by atoms with Crippen LogP contribution in [0.1, 0.15) is 15.9 Å². The fourth-order valence-corrected chi connectivity index (χ4v) is 1.28. The van der Waals surface area contributed by atoms with Gasteiger partial charge in [-0.3, -0.25) is 4.79 Å². The van der Waals surface area contributed by atoms with E-state index in [1.165, 1.54) is 0 Å². The van der Waals surface area contributed by atoms with Crippen LogP contribution in [0.2, 0.25) is 0 Å². The third-order valence-corrected chi connectivity index (χ3v) is 2.12. The molecule has 2 N–H and O–H groups in total. The van der Waals surface area contributed by atoms with E-state index in [0.717, 1.165) is 16.6 Å². The van der Waals surface area contributed by atoms with E-state index in [1.807, 2.05) is 6.92 Å². The van der Waals surface area contributed by atoms with Crippen molar-refractivity contribution in [2.24, 2.45) is 5.73 Å². The molecule has 0 aliphatic heterocycles. The Morgan fingerprint density at radius 3 is 2.79 bits per heavy atom. The van der Waals surface area contributed by atoms with Gasteiger partial charge in [0.2, 0.25) is 5.91 Å². The molecular weight excluding hydrogens is 246 g/mol. The summed E-state index contributed by atoms with van der Waals surface area (Å²) in [4.78, 5) is 10.9. The summed E-state index contributed by atoms with van der Waals surface area (Å²) >= 11 is 3.27.